The van der Waals surface area contributed by atoms with Crippen LogP contribution in [0.25, 0.3) is 11.4 Å². The van der Waals surface area contributed by atoms with Crippen molar-refractivity contribution in [2.75, 3.05) is 13.7 Å². The van der Waals surface area contributed by atoms with E-state index in [9.17, 15) is 4.79 Å². The van der Waals surface area contributed by atoms with Gasteiger partial charge in [0.25, 0.3) is 0 Å². The Kier molecular flexibility index (Phi) is 3.00. The number of carbonyl (C=O) groups excluding carboxylic acids is 1. The number of hydrogen-bond acceptors (Lipinski definition) is 6. The zero-order chi connectivity index (χ0) is 13.2. The molecule has 1 N–H and O–H groups in total. The number of methoxy groups -OCH3 is 1. The van der Waals surface area contributed by atoms with Gasteiger partial charge in [-0.3, -0.25) is 0 Å². The third-order valence-electron chi connectivity index (χ3n) is 3.09. The fourth-order valence-corrected chi connectivity index (χ4v) is 2.13. The SMILES string of the molecule is COC(=O)c1nc(-c2ccoc2)nc2c1CNCC2. The number of rotatable bonds is 2. The van der Waals surface area contributed by atoms with Gasteiger partial charge >= 0.3 is 5.97 Å². The van der Waals surface area contributed by atoms with Crippen LogP contribution in [0.4, 0.5) is 0 Å². The Morgan fingerprint density at radius 1 is 1.47 bits per heavy atom. The van der Waals surface area contributed by atoms with Crippen LogP contribution in [0.15, 0.2) is 23.0 Å². The van der Waals surface area contributed by atoms with Crippen molar-refractivity contribution < 1.29 is 13.9 Å². The molecule has 0 radical (unpaired) electrons. The lowest BCUT2D eigenvalue weighted by atomic mass is 10.0. The van der Waals surface area contributed by atoms with Crippen LogP contribution in [0, 0.1) is 0 Å². The summed E-state index contributed by atoms with van der Waals surface area (Å²) in [6.45, 7) is 1.43. The Morgan fingerprint density at radius 2 is 2.37 bits per heavy atom. The Balaban J connectivity index is 2.16. The second-order valence-electron chi connectivity index (χ2n) is 4.25. The molecule has 0 aliphatic carbocycles. The van der Waals surface area contributed by atoms with Crippen LogP contribution in [0.2, 0.25) is 0 Å². The summed E-state index contributed by atoms with van der Waals surface area (Å²) < 4.78 is 9.83. The minimum Gasteiger partial charge on any atom is -0.472 e. The normalized spacial score (nSPS) is 13.9. The van der Waals surface area contributed by atoms with E-state index in [1.54, 1.807) is 18.6 Å². The van der Waals surface area contributed by atoms with E-state index < -0.39 is 5.97 Å². The molecule has 3 rings (SSSR count). The number of fused-ring (bicyclic) bond motifs is 1. The van der Waals surface area contributed by atoms with Gasteiger partial charge in [0.1, 0.15) is 6.26 Å². The Labute approximate surface area is 109 Å². The minimum absolute atomic E-state index is 0.330. The zero-order valence-electron chi connectivity index (χ0n) is 10.5. The second kappa shape index (κ2) is 4.81. The van der Waals surface area contributed by atoms with Gasteiger partial charge < -0.3 is 14.5 Å². The summed E-state index contributed by atoms with van der Waals surface area (Å²) in [5.41, 5.74) is 2.80. The highest BCUT2D eigenvalue weighted by Crippen LogP contribution is 2.22. The maximum atomic E-state index is 11.8. The van der Waals surface area contributed by atoms with E-state index in [0.717, 1.165) is 29.8 Å². The van der Waals surface area contributed by atoms with Crippen molar-refractivity contribution in [2.24, 2.45) is 0 Å². The van der Waals surface area contributed by atoms with Gasteiger partial charge in [-0.25, -0.2) is 14.8 Å². The highest BCUT2D eigenvalue weighted by Gasteiger charge is 2.23. The number of carbonyl (C=O) groups is 1. The van der Waals surface area contributed by atoms with Crippen LogP contribution in [-0.4, -0.2) is 29.6 Å². The van der Waals surface area contributed by atoms with Crippen molar-refractivity contribution in [2.45, 2.75) is 13.0 Å². The number of esters is 1. The number of hydrogen-bond donors (Lipinski definition) is 1. The van der Waals surface area contributed by atoms with E-state index in [-0.39, 0.29) is 0 Å². The third kappa shape index (κ3) is 2.10. The molecule has 0 amide bonds. The second-order valence-corrected chi connectivity index (χ2v) is 4.25. The first-order valence-corrected chi connectivity index (χ1v) is 6.01. The van der Waals surface area contributed by atoms with Crippen LogP contribution >= 0.6 is 0 Å². The van der Waals surface area contributed by atoms with E-state index in [4.69, 9.17) is 9.15 Å². The number of nitrogens with zero attached hydrogens (tertiary/aromatic N) is 2. The smallest absolute Gasteiger partial charge is 0.357 e. The number of ether oxygens (including phenoxy) is 1. The number of nitrogens with one attached hydrogen (secondary N) is 1. The maximum Gasteiger partial charge on any atom is 0.357 e. The molecule has 3 heterocycles. The van der Waals surface area contributed by atoms with E-state index in [2.05, 4.69) is 15.3 Å². The monoisotopic (exact) mass is 259 g/mol. The molecule has 0 fully saturated rings. The molecule has 1 aliphatic rings. The summed E-state index contributed by atoms with van der Waals surface area (Å²) >= 11 is 0. The summed E-state index contributed by atoms with van der Waals surface area (Å²) in [5.74, 6) is 0.0573. The third-order valence-corrected chi connectivity index (χ3v) is 3.09. The zero-order valence-corrected chi connectivity index (χ0v) is 10.5. The van der Waals surface area contributed by atoms with Gasteiger partial charge in [0.05, 0.1) is 24.6 Å². The van der Waals surface area contributed by atoms with Gasteiger partial charge in [0, 0.05) is 25.1 Å². The van der Waals surface area contributed by atoms with Crippen LogP contribution in [0.3, 0.4) is 0 Å². The van der Waals surface area contributed by atoms with E-state index >= 15 is 0 Å². The van der Waals surface area contributed by atoms with Crippen LogP contribution in [0.1, 0.15) is 21.7 Å². The number of aromatic nitrogens is 2. The summed E-state index contributed by atoms with van der Waals surface area (Å²) in [5, 5.41) is 3.21. The van der Waals surface area contributed by atoms with Crippen molar-refractivity contribution in [1.82, 2.24) is 15.3 Å². The van der Waals surface area contributed by atoms with Gasteiger partial charge in [-0.2, -0.15) is 0 Å². The largest absolute Gasteiger partial charge is 0.472 e. The van der Waals surface area contributed by atoms with Crippen molar-refractivity contribution in [3.8, 4) is 11.4 Å². The molecule has 0 atom stereocenters. The molecular weight excluding hydrogens is 246 g/mol. The first-order valence-electron chi connectivity index (χ1n) is 6.01. The van der Waals surface area contributed by atoms with E-state index in [0.29, 0.717) is 18.1 Å². The predicted octanol–water partition coefficient (Wildman–Crippen LogP) is 1.17. The molecule has 6 nitrogen and oxygen atoms in total. The van der Waals surface area contributed by atoms with Crippen molar-refractivity contribution in [1.29, 1.82) is 0 Å². The molecule has 0 saturated carbocycles. The summed E-state index contributed by atoms with van der Waals surface area (Å²) in [4.78, 5) is 20.7. The van der Waals surface area contributed by atoms with Crippen LogP contribution in [0.5, 0.6) is 0 Å². The topological polar surface area (TPSA) is 77.2 Å². The average Bonchev–Trinajstić information content (AvgIpc) is 2.99. The molecule has 0 aromatic carbocycles. The first-order chi connectivity index (χ1) is 9.29. The molecule has 98 valence electrons. The Morgan fingerprint density at radius 3 is 3.11 bits per heavy atom. The highest BCUT2D eigenvalue weighted by molar-refractivity contribution is 5.89. The fourth-order valence-electron chi connectivity index (χ4n) is 2.13. The van der Waals surface area contributed by atoms with Gasteiger partial charge in [-0.1, -0.05) is 0 Å². The Hall–Kier alpha value is -2.21. The molecular formula is C13H13N3O3. The molecule has 0 saturated heterocycles. The van der Waals surface area contributed by atoms with Crippen molar-refractivity contribution in [3.05, 3.63) is 35.5 Å². The van der Waals surface area contributed by atoms with Gasteiger partial charge in [0.15, 0.2) is 11.5 Å². The maximum absolute atomic E-state index is 11.8. The lowest BCUT2D eigenvalue weighted by Gasteiger charge is -2.18. The van der Waals surface area contributed by atoms with E-state index in [1.807, 2.05) is 0 Å². The molecule has 19 heavy (non-hydrogen) atoms. The summed E-state index contributed by atoms with van der Waals surface area (Å²) in [7, 11) is 1.35. The first kappa shape index (κ1) is 11.9. The molecule has 2 aromatic rings. The quantitative estimate of drug-likeness (QED) is 0.816. The molecule has 2 aromatic heterocycles. The lowest BCUT2D eigenvalue weighted by molar-refractivity contribution is 0.0592. The molecule has 0 spiro atoms. The van der Waals surface area contributed by atoms with E-state index in [1.165, 1.54) is 7.11 Å². The average molecular weight is 259 g/mol. The molecule has 6 heteroatoms. The molecule has 0 unspecified atom stereocenters. The van der Waals surface area contributed by atoms with Crippen LogP contribution < -0.4 is 5.32 Å². The fraction of sp³-hybridized carbons (Fsp3) is 0.308. The number of furan rings is 1. The Bertz CT molecular complexity index is 608. The van der Waals surface area contributed by atoms with Crippen molar-refractivity contribution >= 4 is 5.97 Å². The predicted molar refractivity (Wildman–Crippen MR) is 66.5 cm³/mol. The standard InChI is InChI=1S/C13H13N3O3/c1-18-13(17)11-9-6-14-4-2-10(9)15-12(16-11)8-3-5-19-7-8/h3,5,7,14H,2,4,6H2,1H3. The van der Waals surface area contributed by atoms with Gasteiger partial charge in [0.2, 0.25) is 0 Å². The molecule has 0 bridgehead atoms. The highest BCUT2D eigenvalue weighted by atomic mass is 16.5. The molecule has 1 aliphatic heterocycles. The van der Waals surface area contributed by atoms with Gasteiger partial charge in [-0.15, -0.1) is 0 Å². The minimum atomic E-state index is -0.438. The summed E-state index contributed by atoms with van der Waals surface area (Å²) in [6.07, 6.45) is 3.88. The van der Waals surface area contributed by atoms with Crippen LogP contribution in [-0.2, 0) is 17.7 Å². The lowest BCUT2D eigenvalue weighted by Crippen LogP contribution is -2.28. The van der Waals surface area contributed by atoms with Gasteiger partial charge in [-0.05, 0) is 6.07 Å². The van der Waals surface area contributed by atoms with Crippen molar-refractivity contribution in [3.63, 3.8) is 0 Å². The summed E-state index contributed by atoms with van der Waals surface area (Å²) in [6, 6.07) is 1.77.